The molecule has 0 aliphatic heterocycles. The minimum atomic E-state index is -0.882. The van der Waals surface area contributed by atoms with E-state index >= 15 is 0 Å². The molecule has 0 aliphatic rings. The zero-order valence-electron chi connectivity index (χ0n) is 13.5. The lowest BCUT2D eigenvalue weighted by molar-refractivity contribution is -0.136. The van der Waals surface area contributed by atoms with Gasteiger partial charge in [-0.2, -0.15) is 4.98 Å². The zero-order chi connectivity index (χ0) is 16.0. The van der Waals surface area contributed by atoms with Crippen molar-refractivity contribution in [3.63, 3.8) is 0 Å². The van der Waals surface area contributed by atoms with Crippen molar-refractivity contribution >= 4 is 5.97 Å². The van der Waals surface area contributed by atoms with Gasteiger partial charge in [-0.1, -0.05) is 33.6 Å². The van der Waals surface area contributed by atoms with Gasteiger partial charge in [0.25, 0.3) is 0 Å². The fourth-order valence-corrected chi connectivity index (χ4v) is 2.78. The van der Waals surface area contributed by atoms with Crippen molar-refractivity contribution in [2.75, 3.05) is 0 Å². The molecular weight excluding hydrogens is 268 g/mol. The van der Waals surface area contributed by atoms with Crippen LogP contribution in [-0.4, -0.2) is 20.6 Å². The molecule has 0 fully saturated rings. The molecule has 0 spiro atoms. The van der Waals surface area contributed by atoms with Crippen molar-refractivity contribution in [1.29, 1.82) is 0 Å². The van der Waals surface area contributed by atoms with Crippen LogP contribution in [0.2, 0.25) is 0 Å². The molecule has 0 saturated carbocycles. The molecule has 0 saturated heterocycles. The van der Waals surface area contributed by atoms with Crippen molar-refractivity contribution in [2.24, 2.45) is 0 Å². The van der Waals surface area contributed by atoms with E-state index in [-0.39, 0.29) is 18.2 Å². The molecule has 0 bridgehead atoms. The third-order valence-corrected chi connectivity index (χ3v) is 3.84. The lowest BCUT2D eigenvalue weighted by Crippen LogP contribution is -2.32. The summed E-state index contributed by atoms with van der Waals surface area (Å²) in [6.45, 7) is 7.98. The Morgan fingerprint density at radius 2 is 1.95 bits per heavy atom. The van der Waals surface area contributed by atoms with E-state index in [0.717, 1.165) is 30.5 Å². The smallest absolute Gasteiger partial charge is 0.348 e. The van der Waals surface area contributed by atoms with Crippen LogP contribution in [0.15, 0.2) is 4.79 Å². The molecule has 1 N–H and O–H groups in total. The van der Waals surface area contributed by atoms with E-state index in [4.69, 9.17) is 5.11 Å². The molecule has 5 nitrogen and oxygen atoms in total. The Kier molecular flexibility index (Phi) is 6.59. The van der Waals surface area contributed by atoms with Gasteiger partial charge in [0.1, 0.15) is 0 Å². The average molecular weight is 294 g/mol. The van der Waals surface area contributed by atoms with Crippen molar-refractivity contribution < 1.29 is 9.90 Å². The maximum atomic E-state index is 12.3. The van der Waals surface area contributed by atoms with Crippen LogP contribution in [0.4, 0.5) is 0 Å². The van der Waals surface area contributed by atoms with E-state index in [1.54, 1.807) is 4.57 Å². The Balaban J connectivity index is 3.42. The summed E-state index contributed by atoms with van der Waals surface area (Å²) in [6.07, 6.45) is 4.17. The first-order chi connectivity index (χ1) is 9.96. The molecule has 1 aromatic heterocycles. The normalized spacial score (nSPS) is 12.4. The Morgan fingerprint density at radius 1 is 1.29 bits per heavy atom. The third kappa shape index (κ3) is 4.16. The molecule has 1 rings (SSSR count). The Morgan fingerprint density at radius 3 is 2.43 bits per heavy atom. The largest absolute Gasteiger partial charge is 0.481 e. The molecule has 1 heterocycles. The van der Waals surface area contributed by atoms with Gasteiger partial charge in [-0.15, -0.1) is 0 Å². The third-order valence-electron chi connectivity index (χ3n) is 3.84. The van der Waals surface area contributed by atoms with Crippen molar-refractivity contribution in [3.05, 3.63) is 27.4 Å². The summed E-state index contributed by atoms with van der Waals surface area (Å²) in [4.78, 5) is 27.6. The molecule has 0 aliphatic carbocycles. The first kappa shape index (κ1) is 17.4. The lowest BCUT2D eigenvalue weighted by Gasteiger charge is -2.22. The Bertz CT molecular complexity index is 549. The maximum Gasteiger partial charge on any atom is 0.348 e. The van der Waals surface area contributed by atoms with E-state index in [1.807, 2.05) is 20.8 Å². The van der Waals surface area contributed by atoms with Crippen LogP contribution in [0.25, 0.3) is 0 Å². The Hall–Kier alpha value is -1.65. The summed E-state index contributed by atoms with van der Waals surface area (Å²) >= 11 is 0. The van der Waals surface area contributed by atoms with Crippen LogP contribution in [-0.2, 0) is 24.1 Å². The van der Waals surface area contributed by atoms with Crippen molar-refractivity contribution in [3.8, 4) is 0 Å². The maximum absolute atomic E-state index is 12.3. The molecule has 1 aromatic rings. The summed E-state index contributed by atoms with van der Waals surface area (Å²) < 4.78 is 1.70. The molecule has 118 valence electrons. The number of aromatic nitrogens is 2. The predicted octanol–water partition coefficient (Wildman–Crippen LogP) is 2.75. The van der Waals surface area contributed by atoms with Crippen molar-refractivity contribution in [2.45, 2.75) is 72.3 Å². The minimum absolute atomic E-state index is 0.0540. The molecule has 0 aromatic carbocycles. The molecule has 1 atom stereocenters. The second-order valence-electron chi connectivity index (χ2n) is 5.41. The highest BCUT2D eigenvalue weighted by molar-refractivity contribution is 5.71. The number of rotatable bonds is 8. The fraction of sp³-hybridized carbons (Fsp3) is 0.688. The van der Waals surface area contributed by atoms with E-state index in [9.17, 15) is 9.59 Å². The van der Waals surface area contributed by atoms with E-state index in [0.29, 0.717) is 18.5 Å². The van der Waals surface area contributed by atoms with Gasteiger partial charge >= 0.3 is 11.7 Å². The van der Waals surface area contributed by atoms with Crippen LogP contribution in [0.3, 0.4) is 0 Å². The van der Waals surface area contributed by atoms with Gasteiger partial charge in [-0.3, -0.25) is 9.36 Å². The van der Waals surface area contributed by atoms with Crippen LogP contribution in [0.1, 0.15) is 70.0 Å². The summed E-state index contributed by atoms with van der Waals surface area (Å²) in [5.74, 6) is -0.882. The second-order valence-corrected chi connectivity index (χ2v) is 5.41. The highest BCUT2D eigenvalue weighted by Gasteiger charge is 2.20. The monoisotopic (exact) mass is 294 g/mol. The van der Waals surface area contributed by atoms with E-state index in [2.05, 4.69) is 11.9 Å². The van der Waals surface area contributed by atoms with Gasteiger partial charge in [0.15, 0.2) is 0 Å². The first-order valence-corrected chi connectivity index (χ1v) is 7.81. The molecular formula is C16H26N2O3. The molecule has 0 amide bonds. The highest BCUT2D eigenvalue weighted by Crippen LogP contribution is 2.20. The van der Waals surface area contributed by atoms with Gasteiger partial charge in [0.05, 0.1) is 12.1 Å². The number of carboxylic acid groups (broad SMARTS) is 1. The number of aryl methyl sites for hydroxylation is 1. The molecule has 21 heavy (non-hydrogen) atoms. The fourth-order valence-electron chi connectivity index (χ4n) is 2.78. The number of carbonyl (C=O) groups is 1. The number of aliphatic carboxylic acids is 1. The van der Waals surface area contributed by atoms with Crippen LogP contribution < -0.4 is 5.69 Å². The van der Waals surface area contributed by atoms with Crippen molar-refractivity contribution in [1.82, 2.24) is 9.55 Å². The van der Waals surface area contributed by atoms with Gasteiger partial charge in [-0.25, -0.2) is 4.79 Å². The second kappa shape index (κ2) is 7.96. The zero-order valence-corrected chi connectivity index (χ0v) is 13.5. The minimum Gasteiger partial charge on any atom is -0.481 e. The highest BCUT2D eigenvalue weighted by atomic mass is 16.4. The summed E-state index contributed by atoms with van der Waals surface area (Å²) in [7, 11) is 0. The number of hydrogen-bond acceptors (Lipinski definition) is 3. The number of hydrogen-bond donors (Lipinski definition) is 1. The number of nitrogens with zero attached hydrogens (tertiary/aromatic N) is 2. The standard InChI is InChI=1S/C16H26N2O3/c1-5-8-9-11(4)18-14(7-3)12(10-15(19)20)13(6-2)17-16(18)21/h11H,5-10H2,1-4H3,(H,19,20). The summed E-state index contributed by atoms with van der Waals surface area (Å²) in [5.41, 5.74) is 1.92. The van der Waals surface area contributed by atoms with Gasteiger partial charge in [0.2, 0.25) is 0 Å². The predicted molar refractivity (Wildman–Crippen MR) is 82.8 cm³/mol. The first-order valence-electron chi connectivity index (χ1n) is 7.81. The summed E-state index contributed by atoms with van der Waals surface area (Å²) in [6, 6.07) is 0.0540. The summed E-state index contributed by atoms with van der Waals surface area (Å²) in [5, 5.41) is 9.13. The SMILES string of the molecule is CCCCC(C)n1c(CC)c(CC(=O)O)c(CC)nc1=O. The lowest BCUT2D eigenvalue weighted by atomic mass is 10.0. The van der Waals surface area contributed by atoms with Gasteiger partial charge < -0.3 is 5.11 Å². The molecule has 0 radical (unpaired) electrons. The topological polar surface area (TPSA) is 72.2 Å². The quantitative estimate of drug-likeness (QED) is 0.800. The van der Waals surface area contributed by atoms with Crippen LogP contribution >= 0.6 is 0 Å². The Labute approximate surface area is 126 Å². The van der Waals surface area contributed by atoms with Gasteiger partial charge in [-0.05, 0) is 26.2 Å². The number of carboxylic acids is 1. The van der Waals surface area contributed by atoms with E-state index in [1.165, 1.54) is 0 Å². The molecule has 5 heteroatoms. The van der Waals surface area contributed by atoms with Crippen LogP contribution in [0, 0.1) is 0 Å². The number of unbranched alkanes of at least 4 members (excludes halogenated alkanes) is 1. The van der Waals surface area contributed by atoms with Gasteiger partial charge in [0, 0.05) is 17.3 Å². The van der Waals surface area contributed by atoms with Crippen LogP contribution in [0.5, 0.6) is 0 Å². The van der Waals surface area contributed by atoms with E-state index < -0.39 is 5.97 Å². The molecule has 1 unspecified atom stereocenters. The average Bonchev–Trinajstić information content (AvgIpc) is 2.44.